The molecule has 74 valence electrons. The van der Waals surface area contributed by atoms with E-state index in [4.69, 9.17) is 0 Å². The minimum atomic E-state index is -0.584. The lowest BCUT2D eigenvalue weighted by atomic mass is 10.1. The number of hydrogen-bond donors (Lipinski definition) is 2. The van der Waals surface area contributed by atoms with E-state index in [0.717, 1.165) is 12.1 Å². The van der Waals surface area contributed by atoms with Crippen LogP contribution in [0, 0.1) is 11.8 Å². The van der Waals surface area contributed by atoms with Gasteiger partial charge in [-0.1, -0.05) is 6.92 Å². The van der Waals surface area contributed by atoms with Gasteiger partial charge in [-0.3, -0.25) is 0 Å². The molecule has 1 heterocycles. The first kappa shape index (κ1) is 8.99. The second-order valence-electron chi connectivity index (χ2n) is 3.12. The second kappa shape index (κ2) is 2.97. The van der Waals surface area contributed by atoms with E-state index in [1.165, 1.54) is 0 Å². The van der Waals surface area contributed by atoms with Crippen molar-refractivity contribution in [1.29, 1.82) is 0 Å². The topological polar surface area (TPSA) is 36.0 Å². The lowest BCUT2D eigenvalue weighted by Gasteiger charge is -1.98. The van der Waals surface area contributed by atoms with Gasteiger partial charge in [0.25, 0.3) is 0 Å². The molecule has 2 aromatic rings. The number of aromatic amines is 1. The van der Waals surface area contributed by atoms with E-state index >= 15 is 0 Å². The van der Waals surface area contributed by atoms with Gasteiger partial charge < -0.3 is 10.1 Å². The van der Waals surface area contributed by atoms with Crippen molar-refractivity contribution in [2.45, 2.75) is 13.3 Å². The molecule has 0 atom stereocenters. The number of nitrogens with one attached hydrogen (secondary N) is 1. The standard InChI is InChI=1S/C10H9F2NO/c1-2-6-9-7(13-10(6)12)3-5(11)4-8(9)14/h3-4,13-14H,2H2,1H3. The number of halogens is 2. The Hall–Kier alpha value is -1.58. The Morgan fingerprint density at radius 1 is 1.36 bits per heavy atom. The smallest absolute Gasteiger partial charge is 0.195 e. The molecular weight excluding hydrogens is 188 g/mol. The number of phenolic OH excluding ortho intramolecular Hbond substituents is 1. The van der Waals surface area contributed by atoms with Crippen LogP contribution in [0.3, 0.4) is 0 Å². The third-order valence-corrected chi connectivity index (χ3v) is 2.25. The average Bonchev–Trinajstić information content (AvgIpc) is 2.40. The van der Waals surface area contributed by atoms with E-state index in [1.54, 1.807) is 6.92 Å². The number of hydrogen-bond acceptors (Lipinski definition) is 1. The zero-order valence-corrected chi connectivity index (χ0v) is 7.56. The summed E-state index contributed by atoms with van der Waals surface area (Å²) in [7, 11) is 0. The van der Waals surface area contributed by atoms with E-state index in [9.17, 15) is 13.9 Å². The van der Waals surface area contributed by atoms with Crippen LogP contribution in [-0.2, 0) is 6.42 Å². The minimum absolute atomic E-state index is 0.225. The fraction of sp³-hybridized carbons (Fsp3) is 0.200. The highest BCUT2D eigenvalue weighted by atomic mass is 19.1. The zero-order chi connectivity index (χ0) is 10.3. The number of phenols is 1. The van der Waals surface area contributed by atoms with Gasteiger partial charge in [-0.25, -0.2) is 4.39 Å². The number of rotatable bonds is 1. The normalized spacial score (nSPS) is 11.1. The zero-order valence-electron chi connectivity index (χ0n) is 7.56. The first-order valence-corrected chi connectivity index (χ1v) is 4.32. The maximum Gasteiger partial charge on any atom is 0.195 e. The van der Waals surface area contributed by atoms with Crippen LogP contribution in [0.1, 0.15) is 12.5 Å². The van der Waals surface area contributed by atoms with Gasteiger partial charge in [0.05, 0.1) is 5.52 Å². The van der Waals surface area contributed by atoms with Gasteiger partial charge in [-0.15, -0.1) is 0 Å². The molecule has 2 N–H and O–H groups in total. The monoisotopic (exact) mass is 197 g/mol. The van der Waals surface area contributed by atoms with Crippen LogP contribution in [0.15, 0.2) is 12.1 Å². The summed E-state index contributed by atoms with van der Waals surface area (Å²) in [5.41, 5.74) is 0.675. The number of aromatic nitrogens is 1. The second-order valence-corrected chi connectivity index (χ2v) is 3.12. The molecule has 0 unspecified atom stereocenters. The molecule has 0 radical (unpaired) electrons. The summed E-state index contributed by atoms with van der Waals surface area (Å²) in [5.74, 6) is -1.32. The van der Waals surface area contributed by atoms with Crippen LogP contribution >= 0.6 is 0 Å². The first-order valence-electron chi connectivity index (χ1n) is 4.32. The summed E-state index contributed by atoms with van der Waals surface area (Å²) < 4.78 is 26.1. The highest BCUT2D eigenvalue weighted by Gasteiger charge is 2.14. The number of fused-ring (bicyclic) bond motifs is 1. The third kappa shape index (κ3) is 1.14. The van der Waals surface area contributed by atoms with Crippen molar-refractivity contribution in [3.05, 3.63) is 29.5 Å². The summed E-state index contributed by atoms with van der Waals surface area (Å²) in [6, 6.07) is 2.14. The van der Waals surface area contributed by atoms with E-state index in [-0.39, 0.29) is 11.3 Å². The molecule has 0 aliphatic heterocycles. The van der Waals surface area contributed by atoms with Crippen molar-refractivity contribution >= 4 is 10.9 Å². The Morgan fingerprint density at radius 3 is 2.71 bits per heavy atom. The lowest BCUT2D eigenvalue weighted by Crippen LogP contribution is -1.82. The van der Waals surface area contributed by atoms with Gasteiger partial charge in [0, 0.05) is 17.0 Å². The predicted octanol–water partition coefficient (Wildman–Crippen LogP) is 2.71. The molecule has 0 aliphatic carbocycles. The van der Waals surface area contributed by atoms with Crippen molar-refractivity contribution in [3.8, 4) is 5.75 Å². The van der Waals surface area contributed by atoms with E-state index < -0.39 is 11.8 Å². The summed E-state index contributed by atoms with van der Waals surface area (Å²) in [5, 5.41) is 9.82. The van der Waals surface area contributed by atoms with Crippen LogP contribution in [0.5, 0.6) is 5.75 Å². The summed E-state index contributed by atoms with van der Waals surface area (Å²) in [6.07, 6.45) is 0.449. The molecule has 0 saturated heterocycles. The van der Waals surface area contributed by atoms with Crippen LogP contribution in [0.2, 0.25) is 0 Å². The van der Waals surface area contributed by atoms with Crippen LogP contribution in [-0.4, -0.2) is 10.1 Å². The Labute approximate surface area is 79.2 Å². The first-order chi connectivity index (χ1) is 6.63. The molecule has 1 aromatic heterocycles. The van der Waals surface area contributed by atoms with Crippen molar-refractivity contribution in [2.75, 3.05) is 0 Å². The maximum absolute atomic E-state index is 13.2. The fourth-order valence-corrected chi connectivity index (χ4v) is 1.64. The fourth-order valence-electron chi connectivity index (χ4n) is 1.64. The molecule has 0 spiro atoms. The molecule has 0 bridgehead atoms. The van der Waals surface area contributed by atoms with Gasteiger partial charge in [-0.2, -0.15) is 4.39 Å². The molecule has 0 fully saturated rings. The van der Waals surface area contributed by atoms with Crippen LogP contribution < -0.4 is 0 Å². The molecule has 2 rings (SSSR count). The van der Waals surface area contributed by atoms with Gasteiger partial charge >= 0.3 is 0 Å². The molecule has 0 aliphatic rings. The molecule has 2 nitrogen and oxygen atoms in total. The summed E-state index contributed by atoms with van der Waals surface area (Å²) in [4.78, 5) is 2.39. The Balaban J connectivity index is 2.88. The summed E-state index contributed by atoms with van der Waals surface area (Å²) in [6.45, 7) is 1.77. The third-order valence-electron chi connectivity index (χ3n) is 2.25. The van der Waals surface area contributed by atoms with Gasteiger partial charge in [0.15, 0.2) is 5.95 Å². The Morgan fingerprint density at radius 2 is 2.07 bits per heavy atom. The molecule has 0 amide bonds. The van der Waals surface area contributed by atoms with E-state index in [2.05, 4.69) is 4.98 Å². The highest BCUT2D eigenvalue weighted by Crippen LogP contribution is 2.30. The SMILES string of the molecule is CCc1c(F)[nH]c2cc(F)cc(O)c12. The summed E-state index contributed by atoms with van der Waals surface area (Å²) >= 11 is 0. The number of aromatic hydroxyl groups is 1. The van der Waals surface area contributed by atoms with Crippen LogP contribution in [0.4, 0.5) is 8.78 Å². The largest absolute Gasteiger partial charge is 0.507 e. The number of H-pyrrole nitrogens is 1. The van der Waals surface area contributed by atoms with E-state index in [1.807, 2.05) is 0 Å². The molecule has 1 aromatic carbocycles. The van der Waals surface area contributed by atoms with Crippen molar-refractivity contribution in [2.24, 2.45) is 0 Å². The van der Waals surface area contributed by atoms with Crippen molar-refractivity contribution in [3.63, 3.8) is 0 Å². The van der Waals surface area contributed by atoms with Gasteiger partial charge in [-0.05, 0) is 12.5 Å². The number of benzene rings is 1. The Kier molecular flexibility index (Phi) is 1.91. The maximum atomic E-state index is 13.2. The van der Waals surface area contributed by atoms with Gasteiger partial charge in [0.2, 0.25) is 0 Å². The molecular formula is C10H9F2NO. The van der Waals surface area contributed by atoms with Crippen molar-refractivity contribution < 1.29 is 13.9 Å². The molecule has 14 heavy (non-hydrogen) atoms. The minimum Gasteiger partial charge on any atom is -0.507 e. The highest BCUT2D eigenvalue weighted by molar-refractivity contribution is 5.89. The Bertz CT molecular complexity index is 490. The van der Waals surface area contributed by atoms with E-state index in [0.29, 0.717) is 17.4 Å². The lowest BCUT2D eigenvalue weighted by molar-refractivity contribution is 0.475. The van der Waals surface area contributed by atoms with Gasteiger partial charge in [0.1, 0.15) is 11.6 Å². The quantitative estimate of drug-likeness (QED) is 0.724. The molecule has 4 heteroatoms. The van der Waals surface area contributed by atoms with Crippen molar-refractivity contribution in [1.82, 2.24) is 4.98 Å². The number of aryl methyl sites for hydroxylation is 1. The predicted molar refractivity (Wildman–Crippen MR) is 49.3 cm³/mol. The average molecular weight is 197 g/mol. The molecule has 0 saturated carbocycles. The van der Waals surface area contributed by atoms with Crippen LogP contribution in [0.25, 0.3) is 10.9 Å².